The Balaban J connectivity index is 2.05. The summed E-state index contributed by atoms with van der Waals surface area (Å²) in [6.45, 7) is 6.13. The number of thioether (sulfide) groups is 1. The minimum atomic E-state index is -0.809. The summed E-state index contributed by atoms with van der Waals surface area (Å²) in [5.74, 6) is 2.78. The number of aromatic nitrogens is 3. The van der Waals surface area contributed by atoms with Crippen molar-refractivity contribution in [2.45, 2.75) is 31.5 Å². The number of ether oxygens (including phenoxy) is 2. The van der Waals surface area contributed by atoms with Crippen molar-refractivity contribution < 1.29 is 14.6 Å². The van der Waals surface area contributed by atoms with Gasteiger partial charge in [0, 0.05) is 17.0 Å². The van der Waals surface area contributed by atoms with Gasteiger partial charge in [0.25, 0.3) is 0 Å². The van der Waals surface area contributed by atoms with Crippen molar-refractivity contribution in [2.24, 2.45) is 0 Å². The molecule has 0 spiro atoms. The predicted octanol–water partition coefficient (Wildman–Crippen LogP) is 4.20. The Morgan fingerprint density at radius 1 is 1.07 bits per heavy atom. The fourth-order valence-corrected chi connectivity index (χ4v) is 3.55. The van der Waals surface area contributed by atoms with Gasteiger partial charge in [0.05, 0.1) is 19.3 Å². The predicted molar refractivity (Wildman–Crippen MR) is 112 cm³/mol. The summed E-state index contributed by atoms with van der Waals surface area (Å²) in [6.07, 6.45) is 0. The number of benzene rings is 2. The molecule has 0 fully saturated rings. The summed E-state index contributed by atoms with van der Waals surface area (Å²) in [4.78, 5) is 0. The van der Waals surface area contributed by atoms with Gasteiger partial charge in [-0.05, 0) is 57.2 Å². The minimum absolute atomic E-state index is 0.500. The van der Waals surface area contributed by atoms with Crippen LogP contribution in [-0.2, 0) is 0 Å². The molecule has 148 valence electrons. The van der Waals surface area contributed by atoms with E-state index < -0.39 is 5.60 Å². The van der Waals surface area contributed by atoms with Crippen molar-refractivity contribution >= 4 is 11.8 Å². The van der Waals surface area contributed by atoms with Crippen molar-refractivity contribution in [3.63, 3.8) is 0 Å². The minimum Gasteiger partial charge on any atom is -0.497 e. The largest absolute Gasteiger partial charge is 0.497 e. The van der Waals surface area contributed by atoms with Crippen LogP contribution in [0.3, 0.4) is 0 Å². The zero-order chi connectivity index (χ0) is 20.1. The Morgan fingerprint density at radius 2 is 1.82 bits per heavy atom. The van der Waals surface area contributed by atoms with Crippen LogP contribution in [0.2, 0.25) is 0 Å². The lowest BCUT2D eigenvalue weighted by Crippen LogP contribution is -2.22. The number of hydrogen-bond donors (Lipinski definition) is 1. The van der Waals surface area contributed by atoms with Gasteiger partial charge in [-0.2, -0.15) is 0 Å². The Bertz CT molecular complexity index is 917. The third-order valence-electron chi connectivity index (χ3n) is 3.92. The highest BCUT2D eigenvalue weighted by atomic mass is 32.2. The lowest BCUT2D eigenvalue weighted by atomic mass is 10.2. The fraction of sp³-hybridized carbons (Fsp3) is 0.333. The number of methoxy groups -OCH3 is 1. The standard InChI is InChI=1S/C21H25N3O3S/c1-5-27-17-11-9-16(10-12-17)24-19(15-7-6-8-18(13-15)26-4)22-23-20(24)28-14-21(2,3)25/h6-13,25H,5,14H2,1-4H3. The molecular weight excluding hydrogens is 374 g/mol. The first-order chi connectivity index (χ1) is 13.4. The zero-order valence-electron chi connectivity index (χ0n) is 16.5. The van der Waals surface area contributed by atoms with Gasteiger partial charge in [-0.15, -0.1) is 10.2 Å². The summed E-state index contributed by atoms with van der Waals surface area (Å²) in [6, 6.07) is 15.5. The first-order valence-corrected chi connectivity index (χ1v) is 10.1. The van der Waals surface area contributed by atoms with Crippen LogP contribution in [0, 0.1) is 0 Å². The van der Waals surface area contributed by atoms with Gasteiger partial charge >= 0.3 is 0 Å². The molecular formula is C21H25N3O3S. The summed E-state index contributed by atoms with van der Waals surface area (Å²) < 4.78 is 12.9. The molecule has 0 unspecified atom stereocenters. The normalized spacial score (nSPS) is 11.5. The molecule has 3 aromatic rings. The Hall–Kier alpha value is -2.51. The molecule has 3 rings (SSSR count). The number of hydrogen-bond acceptors (Lipinski definition) is 6. The SMILES string of the molecule is CCOc1ccc(-n2c(SCC(C)(C)O)nnc2-c2cccc(OC)c2)cc1. The maximum absolute atomic E-state index is 10.1. The molecule has 28 heavy (non-hydrogen) atoms. The maximum atomic E-state index is 10.1. The van der Waals surface area contributed by atoms with E-state index in [0.29, 0.717) is 23.3 Å². The van der Waals surface area contributed by atoms with E-state index in [1.807, 2.05) is 60.0 Å². The monoisotopic (exact) mass is 399 g/mol. The molecule has 1 heterocycles. The molecule has 0 saturated carbocycles. The van der Waals surface area contributed by atoms with E-state index >= 15 is 0 Å². The number of rotatable bonds is 8. The van der Waals surface area contributed by atoms with Gasteiger partial charge < -0.3 is 14.6 Å². The van der Waals surface area contributed by atoms with E-state index in [1.54, 1.807) is 21.0 Å². The van der Waals surface area contributed by atoms with Gasteiger partial charge in [0.2, 0.25) is 0 Å². The first kappa shape index (κ1) is 20.2. The van der Waals surface area contributed by atoms with Crippen LogP contribution >= 0.6 is 11.8 Å². The second kappa shape index (κ2) is 8.67. The first-order valence-electron chi connectivity index (χ1n) is 9.09. The molecule has 2 aromatic carbocycles. The smallest absolute Gasteiger partial charge is 0.196 e. The summed E-state index contributed by atoms with van der Waals surface area (Å²) in [7, 11) is 1.64. The van der Waals surface area contributed by atoms with E-state index in [1.165, 1.54) is 11.8 Å². The topological polar surface area (TPSA) is 69.4 Å². The summed E-state index contributed by atoms with van der Waals surface area (Å²) in [5.41, 5.74) is 1.01. The van der Waals surface area contributed by atoms with Crippen LogP contribution in [0.4, 0.5) is 0 Å². The van der Waals surface area contributed by atoms with Gasteiger partial charge in [-0.25, -0.2) is 0 Å². The second-order valence-electron chi connectivity index (χ2n) is 6.90. The van der Waals surface area contributed by atoms with Crippen LogP contribution < -0.4 is 9.47 Å². The van der Waals surface area contributed by atoms with Crippen LogP contribution in [0.15, 0.2) is 53.7 Å². The number of nitrogens with zero attached hydrogens (tertiary/aromatic N) is 3. The molecule has 0 saturated heterocycles. The molecule has 1 aromatic heterocycles. The summed E-state index contributed by atoms with van der Waals surface area (Å²) >= 11 is 1.47. The molecule has 0 bridgehead atoms. The Morgan fingerprint density at radius 3 is 2.46 bits per heavy atom. The molecule has 0 aliphatic heterocycles. The maximum Gasteiger partial charge on any atom is 0.196 e. The van der Waals surface area contributed by atoms with Gasteiger partial charge in [0.1, 0.15) is 11.5 Å². The molecule has 0 aliphatic carbocycles. The van der Waals surface area contributed by atoms with Crippen LogP contribution in [0.5, 0.6) is 11.5 Å². The van der Waals surface area contributed by atoms with Crippen molar-refractivity contribution in [1.29, 1.82) is 0 Å². The highest BCUT2D eigenvalue weighted by Crippen LogP contribution is 2.31. The fourth-order valence-electron chi connectivity index (χ4n) is 2.64. The van der Waals surface area contributed by atoms with Gasteiger partial charge in [0.15, 0.2) is 11.0 Å². The number of aliphatic hydroxyl groups is 1. The van der Waals surface area contributed by atoms with Crippen LogP contribution in [0.25, 0.3) is 17.1 Å². The van der Waals surface area contributed by atoms with E-state index in [2.05, 4.69) is 10.2 Å². The van der Waals surface area contributed by atoms with E-state index in [0.717, 1.165) is 22.7 Å². The average Bonchev–Trinajstić information content (AvgIpc) is 3.11. The molecule has 0 aliphatic rings. The van der Waals surface area contributed by atoms with E-state index in [4.69, 9.17) is 9.47 Å². The molecule has 6 nitrogen and oxygen atoms in total. The third kappa shape index (κ3) is 4.85. The average molecular weight is 400 g/mol. The lowest BCUT2D eigenvalue weighted by Gasteiger charge is -2.17. The quantitative estimate of drug-likeness (QED) is 0.573. The Labute approximate surface area is 169 Å². The van der Waals surface area contributed by atoms with Crippen molar-refractivity contribution in [2.75, 3.05) is 19.5 Å². The zero-order valence-corrected chi connectivity index (χ0v) is 17.4. The molecule has 7 heteroatoms. The van der Waals surface area contributed by atoms with Crippen molar-refractivity contribution in [1.82, 2.24) is 14.8 Å². The van der Waals surface area contributed by atoms with Crippen LogP contribution in [-0.4, -0.2) is 44.9 Å². The third-order valence-corrected chi connectivity index (χ3v) is 5.29. The summed E-state index contributed by atoms with van der Waals surface area (Å²) in [5, 5.41) is 19.6. The van der Waals surface area contributed by atoms with E-state index in [9.17, 15) is 5.11 Å². The highest BCUT2D eigenvalue weighted by Gasteiger charge is 2.20. The highest BCUT2D eigenvalue weighted by molar-refractivity contribution is 7.99. The molecule has 1 N–H and O–H groups in total. The molecule has 0 amide bonds. The Kier molecular flexibility index (Phi) is 6.26. The lowest BCUT2D eigenvalue weighted by molar-refractivity contribution is 0.107. The van der Waals surface area contributed by atoms with Crippen LogP contribution in [0.1, 0.15) is 20.8 Å². The van der Waals surface area contributed by atoms with E-state index in [-0.39, 0.29) is 0 Å². The molecule has 0 atom stereocenters. The van der Waals surface area contributed by atoms with Gasteiger partial charge in [-0.1, -0.05) is 23.9 Å². The van der Waals surface area contributed by atoms with Crippen molar-refractivity contribution in [3.05, 3.63) is 48.5 Å². The second-order valence-corrected chi connectivity index (χ2v) is 7.84. The van der Waals surface area contributed by atoms with Gasteiger partial charge in [-0.3, -0.25) is 4.57 Å². The van der Waals surface area contributed by atoms with Crippen molar-refractivity contribution in [3.8, 4) is 28.6 Å². The molecule has 0 radical (unpaired) electrons.